The predicted molar refractivity (Wildman–Crippen MR) is 102 cm³/mol. The Morgan fingerprint density at radius 1 is 1.04 bits per heavy atom. The number of nitrogens with one attached hydrogen (secondary N) is 1. The number of aryl methyl sites for hydroxylation is 1. The molecular weight excluding hydrogens is 336 g/mol. The molecule has 25 heavy (non-hydrogen) atoms. The van der Waals surface area contributed by atoms with Crippen LogP contribution in [-0.2, 0) is 0 Å². The van der Waals surface area contributed by atoms with Crippen molar-refractivity contribution < 1.29 is 9.47 Å². The molecule has 1 N–H and O–H groups in total. The van der Waals surface area contributed by atoms with Crippen LogP contribution in [0.25, 0.3) is 0 Å². The molecule has 1 unspecified atom stereocenters. The van der Waals surface area contributed by atoms with Crippen LogP contribution in [0.4, 0.5) is 0 Å². The van der Waals surface area contributed by atoms with Crippen molar-refractivity contribution in [2.24, 2.45) is 0 Å². The van der Waals surface area contributed by atoms with Gasteiger partial charge in [-0.25, -0.2) is 0 Å². The maximum Gasteiger partial charge on any atom is 0.138 e. The highest BCUT2D eigenvalue weighted by Crippen LogP contribution is 2.40. The Labute approximate surface area is 154 Å². The van der Waals surface area contributed by atoms with Gasteiger partial charge in [-0.1, -0.05) is 41.4 Å². The lowest BCUT2D eigenvalue weighted by atomic mass is 9.94. The lowest BCUT2D eigenvalue weighted by Gasteiger charge is -2.36. The van der Waals surface area contributed by atoms with E-state index in [1.165, 1.54) is 11.1 Å². The van der Waals surface area contributed by atoms with E-state index in [0.29, 0.717) is 10.8 Å². The summed E-state index contributed by atoms with van der Waals surface area (Å²) >= 11 is 6.31. The fourth-order valence-corrected chi connectivity index (χ4v) is 3.70. The van der Waals surface area contributed by atoms with Crippen LogP contribution in [-0.4, -0.2) is 45.3 Å². The largest absolute Gasteiger partial charge is 0.496 e. The third-order valence-electron chi connectivity index (χ3n) is 4.67. The molecule has 134 valence electrons. The van der Waals surface area contributed by atoms with Gasteiger partial charge in [0, 0.05) is 37.8 Å². The van der Waals surface area contributed by atoms with Crippen LogP contribution in [0.15, 0.2) is 36.4 Å². The average molecular weight is 361 g/mol. The van der Waals surface area contributed by atoms with Crippen LogP contribution in [0.5, 0.6) is 11.5 Å². The molecule has 0 bridgehead atoms. The van der Waals surface area contributed by atoms with Gasteiger partial charge in [0.15, 0.2) is 0 Å². The van der Waals surface area contributed by atoms with Crippen LogP contribution < -0.4 is 14.8 Å². The lowest BCUT2D eigenvalue weighted by Crippen LogP contribution is -2.45. The Kier molecular flexibility index (Phi) is 5.84. The Hall–Kier alpha value is -1.75. The molecule has 1 aliphatic rings. The van der Waals surface area contributed by atoms with Gasteiger partial charge in [-0.2, -0.15) is 0 Å². The number of piperazine rings is 1. The second kappa shape index (κ2) is 8.09. The van der Waals surface area contributed by atoms with E-state index in [1.807, 2.05) is 12.1 Å². The number of rotatable bonds is 5. The minimum absolute atomic E-state index is 0.100. The number of halogens is 1. The summed E-state index contributed by atoms with van der Waals surface area (Å²) < 4.78 is 11.1. The van der Waals surface area contributed by atoms with E-state index in [1.54, 1.807) is 14.2 Å². The van der Waals surface area contributed by atoms with E-state index in [9.17, 15) is 0 Å². The molecule has 4 nitrogen and oxygen atoms in total. The standard InChI is InChI=1S/C20H25ClN2O2/c1-14-5-4-6-15(11-14)20(23-9-7-22-8-10-23)16-12-19(25-3)17(21)13-18(16)24-2/h4-6,11-13,20,22H,7-10H2,1-3H3. The molecule has 1 heterocycles. The van der Waals surface area contributed by atoms with Crippen LogP contribution in [0.1, 0.15) is 22.7 Å². The monoisotopic (exact) mass is 360 g/mol. The van der Waals surface area contributed by atoms with Crippen molar-refractivity contribution in [1.29, 1.82) is 0 Å². The van der Waals surface area contributed by atoms with Gasteiger partial charge >= 0.3 is 0 Å². The normalized spacial score (nSPS) is 16.5. The molecule has 1 aliphatic heterocycles. The molecule has 2 aromatic carbocycles. The number of ether oxygens (including phenoxy) is 2. The maximum atomic E-state index is 6.31. The van der Waals surface area contributed by atoms with Gasteiger partial charge in [0.2, 0.25) is 0 Å². The molecule has 0 aliphatic carbocycles. The first-order chi connectivity index (χ1) is 12.1. The molecule has 3 rings (SSSR count). The Balaban J connectivity index is 2.13. The molecule has 5 heteroatoms. The fourth-order valence-electron chi connectivity index (χ4n) is 3.47. The summed E-state index contributed by atoms with van der Waals surface area (Å²) in [7, 11) is 3.33. The number of hydrogen-bond donors (Lipinski definition) is 1. The summed E-state index contributed by atoms with van der Waals surface area (Å²) in [6, 6.07) is 12.6. The first-order valence-electron chi connectivity index (χ1n) is 8.56. The van der Waals surface area contributed by atoms with Crippen molar-refractivity contribution in [3.63, 3.8) is 0 Å². The van der Waals surface area contributed by atoms with Gasteiger partial charge in [0.05, 0.1) is 25.3 Å². The van der Waals surface area contributed by atoms with Gasteiger partial charge in [-0.05, 0) is 18.6 Å². The quantitative estimate of drug-likeness (QED) is 0.882. The smallest absolute Gasteiger partial charge is 0.138 e. The zero-order chi connectivity index (χ0) is 17.8. The maximum absolute atomic E-state index is 6.31. The van der Waals surface area contributed by atoms with Crippen molar-refractivity contribution in [2.45, 2.75) is 13.0 Å². The molecule has 1 atom stereocenters. The summed E-state index contributed by atoms with van der Waals surface area (Å²) in [5.74, 6) is 1.46. The summed E-state index contributed by atoms with van der Waals surface area (Å²) in [6.07, 6.45) is 0. The van der Waals surface area contributed by atoms with Crippen molar-refractivity contribution in [1.82, 2.24) is 10.2 Å². The highest BCUT2D eigenvalue weighted by molar-refractivity contribution is 6.32. The van der Waals surface area contributed by atoms with E-state index >= 15 is 0 Å². The minimum atomic E-state index is 0.100. The molecule has 2 aromatic rings. The highest BCUT2D eigenvalue weighted by atomic mass is 35.5. The molecule has 1 saturated heterocycles. The summed E-state index contributed by atoms with van der Waals surface area (Å²) in [5, 5.41) is 3.99. The summed E-state index contributed by atoms with van der Waals surface area (Å²) in [6.45, 7) is 6.04. The SMILES string of the molecule is COc1cc(C(c2cccc(C)c2)N2CCNCC2)c(OC)cc1Cl. The van der Waals surface area contributed by atoms with Gasteiger partial charge in [0.25, 0.3) is 0 Å². The third-order valence-corrected chi connectivity index (χ3v) is 4.97. The number of hydrogen-bond acceptors (Lipinski definition) is 4. The van der Waals surface area contributed by atoms with Crippen molar-refractivity contribution in [3.05, 3.63) is 58.1 Å². The van der Waals surface area contributed by atoms with E-state index in [4.69, 9.17) is 21.1 Å². The van der Waals surface area contributed by atoms with Crippen LogP contribution in [0.3, 0.4) is 0 Å². The Morgan fingerprint density at radius 2 is 1.76 bits per heavy atom. The van der Waals surface area contributed by atoms with Crippen molar-refractivity contribution in [2.75, 3.05) is 40.4 Å². The lowest BCUT2D eigenvalue weighted by molar-refractivity contribution is 0.195. The second-order valence-electron chi connectivity index (χ2n) is 6.33. The van der Waals surface area contributed by atoms with E-state index < -0.39 is 0 Å². The van der Waals surface area contributed by atoms with Crippen molar-refractivity contribution >= 4 is 11.6 Å². The number of nitrogens with zero attached hydrogens (tertiary/aromatic N) is 1. The second-order valence-corrected chi connectivity index (χ2v) is 6.74. The van der Waals surface area contributed by atoms with Crippen molar-refractivity contribution in [3.8, 4) is 11.5 Å². The van der Waals surface area contributed by atoms with E-state index in [-0.39, 0.29) is 6.04 Å². The molecule has 0 aromatic heterocycles. The van der Waals surface area contributed by atoms with Gasteiger partial charge < -0.3 is 14.8 Å². The topological polar surface area (TPSA) is 33.7 Å². The van der Waals surface area contributed by atoms with Gasteiger partial charge in [0.1, 0.15) is 11.5 Å². The Bertz CT molecular complexity index is 730. The van der Waals surface area contributed by atoms with Gasteiger partial charge in [-0.3, -0.25) is 4.90 Å². The number of benzene rings is 2. The van der Waals surface area contributed by atoms with E-state index in [2.05, 4.69) is 41.4 Å². The van der Waals surface area contributed by atoms with Gasteiger partial charge in [-0.15, -0.1) is 0 Å². The molecule has 0 radical (unpaired) electrons. The first-order valence-corrected chi connectivity index (χ1v) is 8.94. The predicted octanol–water partition coefficient (Wildman–Crippen LogP) is 3.66. The molecule has 0 saturated carbocycles. The first kappa shape index (κ1) is 18.1. The van der Waals surface area contributed by atoms with Crippen LogP contribution in [0.2, 0.25) is 5.02 Å². The van der Waals surface area contributed by atoms with Crippen LogP contribution in [0, 0.1) is 6.92 Å². The third kappa shape index (κ3) is 3.92. The Morgan fingerprint density at radius 3 is 2.40 bits per heavy atom. The zero-order valence-electron chi connectivity index (χ0n) is 15.0. The molecule has 0 spiro atoms. The summed E-state index contributed by atoms with van der Waals surface area (Å²) in [5.41, 5.74) is 3.58. The average Bonchev–Trinajstić information content (AvgIpc) is 2.63. The van der Waals surface area contributed by atoms with Crippen LogP contribution >= 0.6 is 11.6 Å². The zero-order valence-corrected chi connectivity index (χ0v) is 15.8. The highest BCUT2D eigenvalue weighted by Gasteiger charge is 2.27. The summed E-state index contributed by atoms with van der Waals surface area (Å²) in [4.78, 5) is 2.48. The molecular formula is C20H25ClN2O2. The fraction of sp³-hybridized carbons (Fsp3) is 0.400. The van der Waals surface area contributed by atoms with E-state index in [0.717, 1.165) is 37.5 Å². The molecule has 1 fully saturated rings. The minimum Gasteiger partial charge on any atom is -0.496 e. The number of methoxy groups -OCH3 is 2. The molecule has 0 amide bonds.